The van der Waals surface area contributed by atoms with Crippen molar-refractivity contribution < 1.29 is 14.4 Å². The quantitative estimate of drug-likeness (QED) is 0.522. The number of nitrogens with zero attached hydrogens (tertiary/aromatic N) is 2. The van der Waals surface area contributed by atoms with E-state index in [2.05, 4.69) is 20.8 Å². The van der Waals surface area contributed by atoms with Gasteiger partial charge >= 0.3 is 0 Å². The summed E-state index contributed by atoms with van der Waals surface area (Å²) in [5.41, 5.74) is 7.72. The molecule has 2 fully saturated rings. The molecule has 8 nitrogen and oxygen atoms in total. The molecule has 5 N–H and O–H groups in total. The standard InChI is InChI=1S/C21H29N5O3/c22-19(25-21(28)18-16(27)11-12-23-18)14-6-8-15(9-7-14)20-24-17(29-26-20)10-5-13-3-1-2-4-13/h6-9,13,16,18-19,23,27H,1-5,10-12,22H2,(H,25,28)/t16-,18-,19+/m0/s1. The van der Waals surface area contributed by atoms with E-state index in [0.29, 0.717) is 24.7 Å². The van der Waals surface area contributed by atoms with Gasteiger partial charge in [-0.1, -0.05) is 55.1 Å². The summed E-state index contributed by atoms with van der Waals surface area (Å²) in [5, 5.41) is 19.6. The van der Waals surface area contributed by atoms with E-state index in [1.54, 1.807) is 0 Å². The summed E-state index contributed by atoms with van der Waals surface area (Å²) in [6.07, 6.45) is 6.48. The number of amides is 1. The van der Waals surface area contributed by atoms with Gasteiger partial charge in [0.15, 0.2) is 0 Å². The number of hydrogen-bond acceptors (Lipinski definition) is 7. The minimum absolute atomic E-state index is 0.295. The smallest absolute Gasteiger partial charge is 0.241 e. The number of carbonyl (C=O) groups is 1. The first-order valence-electron chi connectivity index (χ1n) is 10.5. The van der Waals surface area contributed by atoms with E-state index in [4.69, 9.17) is 10.3 Å². The Labute approximate surface area is 170 Å². The number of aliphatic hydroxyl groups excluding tert-OH is 1. The molecule has 29 heavy (non-hydrogen) atoms. The van der Waals surface area contributed by atoms with Crippen molar-refractivity contribution in [3.05, 3.63) is 35.7 Å². The van der Waals surface area contributed by atoms with E-state index in [9.17, 15) is 9.90 Å². The molecule has 2 heterocycles. The van der Waals surface area contributed by atoms with Crippen molar-refractivity contribution in [2.24, 2.45) is 11.7 Å². The number of nitrogens with two attached hydrogens (primary N) is 1. The number of rotatable bonds is 7. The lowest BCUT2D eigenvalue weighted by atomic mass is 10.0. The van der Waals surface area contributed by atoms with Crippen LogP contribution < -0.4 is 16.4 Å². The van der Waals surface area contributed by atoms with Crippen LogP contribution in [0, 0.1) is 5.92 Å². The molecular formula is C21H29N5O3. The number of benzene rings is 1. The van der Waals surface area contributed by atoms with Gasteiger partial charge < -0.3 is 26.0 Å². The molecule has 1 aromatic heterocycles. The van der Waals surface area contributed by atoms with Gasteiger partial charge in [0.2, 0.25) is 17.6 Å². The van der Waals surface area contributed by atoms with Crippen molar-refractivity contribution in [1.29, 1.82) is 0 Å². The largest absolute Gasteiger partial charge is 0.391 e. The van der Waals surface area contributed by atoms with E-state index < -0.39 is 18.3 Å². The zero-order valence-corrected chi connectivity index (χ0v) is 16.5. The van der Waals surface area contributed by atoms with Crippen molar-refractivity contribution in [1.82, 2.24) is 20.8 Å². The van der Waals surface area contributed by atoms with Crippen molar-refractivity contribution in [2.45, 2.75) is 63.3 Å². The molecule has 156 valence electrons. The van der Waals surface area contributed by atoms with Crippen molar-refractivity contribution in [3.63, 3.8) is 0 Å². The molecule has 8 heteroatoms. The summed E-state index contributed by atoms with van der Waals surface area (Å²) in [6.45, 7) is 0.622. The molecule has 1 aliphatic carbocycles. The Morgan fingerprint density at radius 1 is 1.28 bits per heavy atom. The van der Waals surface area contributed by atoms with Gasteiger partial charge in [0, 0.05) is 12.0 Å². The molecule has 0 bridgehead atoms. The van der Waals surface area contributed by atoms with Crippen molar-refractivity contribution in [3.8, 4) is 11.4 Å². The van der Waals surface area contributed by atoms with Crippen LogP contribution in [0.4, 0.5) is 0 Å². The lowest BCUT2D eigenvalue weighted by molar-refractivity contribution is -0.125. The molecule has 1 saturated carbocycles. The molecule has 1 aliphatic heterocycles. The summed E-state index contributed by atoms with van der Waals surface area (Å²) in [7, 11) is 0. The average molecular weight is 399 g/mol. The number of nitrogens with one attached hydrogen (secondary N) is 2. The van der Waals surface area contributed by atoms with Crippen molar-refractivity contribution in [2.75, 3.05) is 6.54 Å². The molecule has 1 saturated heterocycles. The van der Waals surface area contributed by atoms with E-state index in [1.165, 1.54) is 25.7 Å². The summed E-state index contributed by atoms with van der Waals surface area (Å²) in [4.78, 5) is 16.8. The minimum Gasteiger partial charge on any atom is -0.391 e. The van der Waals surface area contributed by atoms with Gasteiger partial charge in [0.25, 0.3) is 0 Å². The van der Waals surface area contributed by atoms with Crippen LogP contribution in [0.25, 0.3) is 11.4 Å². The van der Waals surface area contributed by atoms with E-state index in [-0.39, 0.29) is 5.91 Å². The summed E-state index contributed by atoms with van der Waals surface area (Å²) in [6, 6.07) is 6.81. The van der Waals surface area contributed by atoms with Crippen LogP contribution in [0.3, 0.4) is 0 Å². The van der Waals surface area contributed by atoms with Crippen LogP contribution in [0.5, 0.6) is 0 Å². The van der Waals surface area contributed by atoms with Gasteiger partial charge in [0.1, 0.15) is 12.2 Å². The Morgan fingerprint density at radius 2 is 2.03 bits per heavy atom. The third-order valence-electron chi connectivity index (χ3n) is 6.01. The number of aliphatic hydroxyl groups is 1. The maximum atomic E-state index is 12.2. The highest BCUT2D eigenvalue weighted by Crippen LogP contribution is 2.28. The maximum absolute atomic E-state index is 12.2. The van der Waals surface area contributed by atoms with Crippen LogP contribution in [-0.4, -0.2) is 39.8 Å². The van der Waals surface area contributed by atoms with Gasteiger partial charge in [-0.15, -0.1) is 0 Å². The molecule has 2 aromatic rings. The van der Waals surface area contributed by atoms with Crippen molar-refractivity contribution >= 4 is 5.91 Å². The summed E-state index contributed by atoms with van der Waals surface area (Å²) >= 11 is 0. The topological polar surface area (TPSA) is 126 Å². The maximum Gasteiger partial charge on any atom is 0.241 e. The molecule has 1 aromatic carbocycles. The molecule has 2 aliphatic rings. The van der Waals surface area contributed by atoms with Crippen LogP contribution >= 0.6 is 0 Å². The second-order valence-corrected chi connectivity index (χ2v) is 8.10. The zero-order valence-electron chi connectivity index (χ0n) is 16.5. The lowest BCUT2D eigenvalue weighted by Crippen LogP contribution is -2.48. The molecule has 0 spiro atoms. The first kappa shape index (κ1) is 20.0. The Balaban J connectivity index is 1.33. The highest BCUT2D eigenvalue weighted by Gasteiger charge is 2.31. The fourth-order valence-electron chi connectivity index (χ4n) is 4.22. The van der Waals surface area contributed by atoms with Gasteiger partial charge in [0.05, 0.1) is 6.10 Å². The highest BCUT2D eigenvalue weighted by atomic mass is 16.5. The normalized spacial score (nSPS) is 23.4. The molecule has 3 atom stereocenters. The van der Waals surface area contributed by atoms with Crippen LogP contribution in [-0.2, 0) is 11.2 Å². The Hall–Kier alpha value is -2.29. The summed E-state index contributed by atoms with van der Waals surface area (Å²) < 4.78 is 5.40. The third kappa shape index (κ3) is 4.83. The predicted molar refractivity (Wildman–Crippen MR) is 107 cm³/mol. The Bertz CT molecular complexity index is 816. The van der Waals surface area contributed by atoms with Gasteiger partial charge in [-0.25, -0.2) is 0 Å². The number of carbonyl (C=O) groups excluding carboxylic acids is 1. The van der Waals surface area contributed by atoms with Gasteiger partial charge in [-0.2, -0.15) is 4.98 Å². The van der Waals surface area contributed by atoms with Crippen LogP contribution in [0.2, 0.25) is 0 Å². The Morgan fingerprint density at radius 3 is 2.72 bits per heavy atom. The van der Waals surface area contributed by atoms with Gasteiger partial charge in [-0.3, -0.25) is 4.79 Å². The first-order valence-corrected chi connectivity index (χ1v) is 10.5. The molecule has 4 rings (SSSR count). The summed E-state index contributed by atoms with van der Waals surface area (Å²) in [5.74, 6) is 1.75. The van der Waals surface area contributed by atoms with Crippen LogP contribution in [0.1, 0.15) is 56.1 Å². The van der Waals surface area contributed by atoms with E-state index in [1.807, 2.05) is 24.3 Å². The van der Waals surface area contributed by atoms with E-state index in [0.717, 1.165) is 29.9 Å². The number of aryl methyl sites for hydroxylation is 1. The van der Waals surface area contributed by atoms with Crippen LogP contribution in [0.15, 0.2) is 28.8 Å². The monoisotopic (exact) mass is 399 g/mol. The third-order valence-corrected chi connectivity index (χ3v) is 6.01. The highest BCUT2D eigenvalue weighted by molar-refractivity contribution is 5.83. The molecule has 0 unspecified atom stereocenters. The second-order valence-electron chi connectivity index (χ2n) is 8.10. The Kier molecular flexibility index (Phi) is 6.22. The molecule has 1 amide bonds. The SMILES string of the molecule is N[C@H](NC(=O)[C@H]1NCC[C@@H]1O)c1ccc(-c2noc(CCC3CCCC3)n2)cc1. The second kappa shape index (κ2) is 9.02. The molecular weight excluding hydrogens is 370 g/mol. The lowest BCUT2D eigenvalue weighted by Gasteiger charge is -2.19. The fourth-order valence-corrected chi connectivity index (χ4v) is 4.22. The fraction of sp³-hybridized carbons (Fsp3) is 0.571. The average Bonchev–Trinajstić information content (AvgIpc) is 3.48. The predicted octanol–water partition coefficient (Wildman–Crippen LogP) is 1.66. The molecule has 0 radical (unpaired) electrons. The number of hydrogen-bond donors (Lipinski definition) is 4. The zero-order chi connectivity index (χ0) is 20.2. The number of aromatic nitrogens is 2. The minimum atomic E-state index is -0.675. The first-order chi connectivity index (χ1) is 14.1. The van der Waals surface area contributed by atoms with E-state index >= 15 is 0 Å². The van der Waals surface area contributed by atoms with Gasteiger partial charge in [-0.05, 0) is 30.9 Å².